The Morgan fingerprint density at radius 3 is 2.54 bits per heavy atom. The van der Waals surface area contributed by atoms with Gasteiger partial charge in [-0.05, 0) is 13.3 Å². The number of amides is 1. The Bertz CT molecular complexity index is 139. The van der Waals surface area contributed by atoms with Crippen LogP contribution in [0.15, 0.2) is 0 Å². The van der Waals surface area contributed by atoms with E-state index in [1.54, 1.807) is 6.92 Å². The quantitative estimate of drug-likeness (QED) is 0.427. The van der Waals surface area contributed by atoms with E-state index in [-0.39, 0.29) is 19.3 Å². The molecule has 0 aliphatic carbocycles. The van der Waals surface area contributed by atoms with Crippen LogP contribution in [0.25, 0.3) is 0 Å². The van der Waals surface area contributed by atoms with Gasteiger partial charge in [0.05, 0.1) is 13.0 Å². The van der Waals surface area contributed by atoms with Crippen LogP contribution in [0.2, 0.25) is 0 Å². The molecule has 0 saturated heterocycles. The second-order valence-corrected chi connectivity index (χ2v) is 2.84. The van der Waals surface area contributed by atoms with Crippen molar-refractivity contribution in [3.63, 3.8) is 0 Å². The number of hydrogen-bond donors (Lipinski definition) is 0. The average molecular weight is 188 g/mol. The Morgan fingerprint density at radius 2 is 2.00 bits per heavy atom. The maximum absolute atomic E-state index is 10.2. The highest BCUT2D eigenvalue weighted by atomic mass is 16.7. The Morgan fingerprint density at radius 1 is 1.38 bits per heavy atom. The summed E-state index contributed by atoms with van der Waals surface area (Å²) in [6, 6.07) is 0. The number of nitrogens with one attached hydrogen (secondary N) is 1. The van der Waals surface area contributed by atoms with Crippen molar-refractivity contribution in [2.45, 2.75) is 39.4 Å². The van der Waals surface area contributed by atoms with Gasteiger partial charge >= 0.3 is 0 Å². The van der Waals surface area contributed by atoms with Crippen LogP contribution in [0, 0.1) is 0 Å². The van der Waals surface area contributed by atoms with E-state index in [1.807, 2.05) is 0 Å². The van der Waals surface area contributed by atoms with Gasteiger partial charge in [-0.25, -0.2) is 0 Å². The smallest absolute Gasteiger partial charge is 0.240 e. The third-order valence-corrected chi connectivity index (χ3v) is 1.53. The Hall–Kier alpha value is -0.610. The monoisotopic (exact) mass is 188 g/mol. The maximum atomic E-state index is 10.2. The van der Waals surface area contributed by atoms with Crippen LogP contribution in [0.3, 0.4) is 0 Å². The zero-order chi connectivity index (χ0) is 10.1. The molecule has 4 heteroatoms. The molecule has 1 N–H and O–H groups in total. The molecule has 1 atom stereocenters. The third-order valence-electron chi connectivity index (χ3n) is 1.53. The first-order chi connectivity index (χ1) is 6.16. The summed E-state index contributed by atoms with van der Waals surface area (Å²) in [7, 11) is 0. The summed E-state index contributed by atoms with van der Waals surface area (Å²) >= 11 is 0. The van der Waals surface area contributed by atoms with E-state index in [4.69, 9.17) is 15.2 Å². The van der Waals surface area contributed by atoms with Crippen molar-refractivity contribution < 1.29 is 14.3 Å². The van der Waals surface area contributed by atoms with Crippen molar-refractivity contribution in [1.82, 2.24) is 5.73 Å². The summed E-state index contributed by atoms with van der Waals surface area (Å²) in [6.07, 6.45) is 1.98. The van der Waals surface area contributed by atoms with E-state index >= 15 is 0 Å². The van der Waals surface area contributed by atoms with Gasteiger partial charge in [0.15, 0.2) is 6.29 Å². The molecule has 1 amide bonds. The van der Waals surface area contributed by atoms with Crippen molar-refractivity contribution >= 4 is 5.91 Å². The summed E-state index contributed by atoms with van der Waals surface area (Å²) in [5.74, 6) is -0.597. The number of hydrogen-bond acceptors (Lipinski definition) is 3. The molecular weight excluding hydrogens is 170 g/mol. The predicted molar refractivity (Wildman–Crippen MR) is 49.0 cm³/mol. The molecule has 0 saturated carbocycles. The first kappa shape index (κ1) is 12.4. The van der Waals surface area contributed by atoms with Crippen LogP contribution in [-0.2, 0) is 14.3 Å². The molecule has 4 nitrogen and oxygen atoms in total. The van der Waals surface area contributed by atoms with Crippen molar-refractivity contribution in [1.29, 1.82) is 0 Å². The van der Waals surface area contributed by atoms with E-state index in [9.17, 15) is 4.79 Å². The fourth-order valence-electron chi connectivity index (χ4n) is 0.759. The van der Waals surface area contributed by atoms with E-state index < -0.39 is 5.91 Å². The Labute approximate surface area is 79.4 Å². The molecule has 1 unspecified atom stereocenters. The molecule has 0 aliphatic rings. The highest BCUT2D eigenvalue weighted by Gasteiger charge is 2.02. The van der Waals surface area contributed by atoms with E-state index in [0.29, 0.717) is 6.61 Å². The van der Waals surface area contributed by atoms with Crippen LogP contribution in [0.1, 0.15) is 33.1 Å². The SMILES string of the molecule is CCCCOC(C)OCCC([NH])=O. The zero-order valence-electron chi connectivity index (χ0n) is 8.34. The minimum absolute atomic E-state index is 0.140. The Balaban J connectivity index is 3.19. The molecule has 0 spiro atoms. The lowest BCUT2D eigenvalue weighted by atomic mass is 10.4. The fourth-order valence-corrected chi connectivity index (χ4v) is 0.759. The van der Waals surface area contributed by atoms with Gasteiger partial charge in [-0.2, -0.15) is 0 Å². The summed E-state index contributed by atoms with van der Waals surface area (Å²) in [4.78, 5) is 10.2. The van der Waals surface area contributed by atoms with Crippen molar-refractivity contribution in [3.05, 3.63) is 0 Å². The molecule has 0 aromatic carbocycles. The van der Waals surface area contributed by atoms with Gasteiger partial charge in [0.25, 0.3) is 0 Å². The highest BCUT2D eigenvalue weighted by molar-refractivity contribution is 5.72. The van der Waals surface area contributed by atoms with Crippen LogP contribution < -0.4 is 5.73 Å². The fraction of sp³-hybridized carbons (Fsp3) is 0.889. The summed E-state index contributed by atoms with van der Waals surface area (Å²) < 4.78 is 10.4. The zero-order valence-corrected chi connectivity index (χ0v) is 8.34. The minimum Gasteiger partial charge on any atom is -0.353 e. The molecule has 0 aromatic rings. The number of carbonyl (C=O) groups excluding carboxylic acids is 1. The molecule has 77 valence electrons. The normalized spacial score (nSPS) is 12.8. The van der Waals surface area contributed by atoms with Gasteiger partial charge in [0.2, 0.25) is 5.91 Å². The van der Waals surface area contributed by atoms with Crippen molar-refractivity contribution in [2.24, 2.45) is 0 Å². The lowest BCUT2D eigenvalue weighted by Gasteiger charge is -2.12. The third kappa shape index (κ3) is 9.30. The highest BCUT2D eigenvalue weighted by Crippen LogP contribution is 1.97. The first-order valence-corrected chi connectivity index (χ1v) is 4.64. The average Bonchev–Trinajstić information content (AvgIpc) is 2.04. The van der Waals surface area contributed by atoms with Crippen LogP contribution in [0.4, 0.5) is 0 Å². The lowest BCUT2D eigenvalue weighted by Crippen LogP contribution is -2.16. The van der Waals surface area contributed by atoms with E-state index in [0.717, 1.165) is 12.8 Å². The van der Waals surface area contributed by atoms with Gasteiger partial charge in [-0.15, -0.1) is 0 Å². The molecule has 13 heavy (non-hydrogen) atoms. The Kier molecular flexibility index (Phi) is 7.63. The maximum Gasteiger partial charge on any atom is 0.240 e. The van der Waals surface area contributed by atoms with Gasteiger partial charge < -0.3 is 9.47 Å². The molecular formula is C9H18NO3. The molecule has 0 bridgehead atoms. The molecule has 0 aliphatic heterocycles. The number of ether oxygens (including phenoxy) is 2. The summed E-state index contributed by atoms with van der Waals surface area (Å²) in [5, 5.41) is 0. The van der Waals surface area contributed by atoms with E-state index in [2.05, 4.69) is 6.92 Å². The lowest BCUT2D eigenvalue weighted by molar-refractivity contribution is -0.138. The van der Waals surface area contributed by atoms with Gasteiger partial charge in [0, 0.05) is 6.61 Å². The van der Waals surface area contributed by atoms with Crippen LogP contribution in [0.5, 0.6) is 0 Å². The molecule has 0 heterocycles. The summed E-state index contributed by atoms with van der Waals surface area (Å²) in [5.41, 5.74) is 6.63. The van der Waals surface area contributed by atoms with Crippen LogP contribution >= 0.6 is 0 Å². The molecule has 0 aromatic heterocycles. The molecule has 0 fully saturated rings. The second kappa shape index (κ2) is 8.01. The molecule has 0 rings (SSSR count). The van der Waals surface area contributed by atoms with Crippen molar-refractivity contribution in [3.8, 4) is 0 Å². The van der Waals surface area contributed by atoms with Gasteiger partial charge in [-0.3, -0.25) is 10.5 Å². The number of unbranched alkanes of at least 4 members (excludes halogenated alkanes) is 1. The van der Waals surface area contributed by atoms with E-state index in [1.165, 1.54) is 0 Å². The first-order valence-electron chi connectivity index (χ1n) is 4.64. The minimum atomic E-state index is -0.597. The number of carbonyl (C=O) groups is 1. The second-order valence-electron chi connectivity index (χ2n) is 2.84. The largest absolute Gasteiger partial charge is 0.353 e. The van der Waals surface area contributed by atoms with Crippen LogP contribution in [-0.4, -0.2) is 25.4 Å². The molecule has 1 radical (unpaired) electrons. The number of rotatable bonds is 8. The standard InChI is InChI=1S/C9H18NO3/c1-3-4-6-12-8(2)13-7-5-9(10)11/h8,10H,3-7H2,1-2H3. The van der Waals surface area contributed by atoms with Crippen molar-refractivity contribution in [2.75, 3.05) is 13.2 Å². The van der Waals surface area contributed by atoms with Gasteiger partial charge in [0.1, 0.15) is 0 Å². The van der Waals surface area contributed by atoms with Gasteiger partial charge in [-0.1, -0.05) is 13.3 Å². The predicted octanol–water partition coefficient (Wildman–Crippen LogP) is 1.37. The topological polar surface area (TPSA) is 59.3 Å². The summed E-state index contributed by atoms with van der Waals surface area (Å²) in [6.45, 7) is 4.85.